The van der Waals surface area contributed by atoms with E-state index >= 15 is 0 Å². The predicted molar refractivity (Wildman–Crippen MR) is 92.6 cm³/mol. The number of nitro benzene ring substituents is 1. The average Bonchev–Trinajstić information content (AvgIpc) is 3.00. The smallest absolute Gasteiger partial charge is 0.284 e. The quantitative estimate of drug-likeness (QED) is 0.544. The van der Waals surface area contributed by atoms with Crippen molar-refractivity contribution in [2.24, 2.45) is 7.05 Å². The van der Waals surface area contributed by atoms with E-state index in [9.17, 15) is 19.3 Å². The van der Waals surface area contributed by atoms with Gasteiger partial charge in [-0.05, 0) is 42.1 Å². The summed E-state index contributed by atoms with van der Waals surface area (Å²) in [7, 11) is 1.72. The molecule has 0 aliphatic heterocycles. The lowest BCUT2D eigenvalue weighted by molar-refractivity contribution is -0.387. The van der Waals surface area contributed by atoms with Crippen LogP contribution in [0.4, 0.5) is 15.8 Å². The van der Waals surface area contributed by atoms with Crippen molar-refractivity contribution in [3.05, 3.63) is 70.3 Å². The summed E-state index contributed by atoms with van der Waals surface area (Å²) in [5, 5.41) is 22.0. The second kappa shape index (κ2) is 7.31. The largest absolute Gasteiger partial charge is 0.322 e. The van der Waals surface area contributed by atoms with Crippen LogP contribution in [0, 0.1) is 15.9 Å². The molecule has 10 heteroatoms. The number of aryl methyl sites for hydroxylation is 1. The molecule has 0 radical (unpaired) electrons. The number of amides is 1. The highest BCUT2D eigenvalue weighted by Crippen LogP contribution is 2.34. The third-order valence-corrected chi connectivity index (χ3v) is 4.49. The molecule has 0 aliphatic rings. The van der Waals surface area contributed by atoms with Gasteiger partial charge in [-0.2, -0.15) is 0 Å². The molecular formula is C16H12FN5O3S. The van der Waals surface area contributed by atoms with Crippen molar-refractivity contribution in [2.75, 3.05) is 5.32 Å². The Morgan fingerprint density at radius 2 is 2.12 bits per heavy atom. The van der Waals surface area contributed by atoms with Gasteiger partial charge in [-0.3, -0.25) is 14.9 Å². The topological polar surface area (TPSA) is 103 Å². The molecule has 0 bridgehead atoms. The number of nitrogens with one attached hydrogen (secondary N) is 1. The Bertz CT molecular complexity index is 992. The van der Waals surface area contributed by atoms with Crippen molar-refractivity contribution in [1.29, 1.82) is 0 Å². The highest BCUT2D eigenvalue weighted by Gasteiger charge is 2.20. The van der Waals surface area contributed by atoms with Gasteiger partial charge in [0.15, 0.2) is 5.16 Å². The molecule has 26 heavy (non-hydrogen) atoms. The van der Waals surface area contributed by atoms with E-state index < -0.39 is 16.6 Å². The van der Waals surface area contributed by atoms with Gasteiger partial charge in [0.1, 0.15) is 12.1 Å². The molecule has 3 aromatic rings. The van der Waals surface area contributed by atoms with Crippen molar-refractivity contribution < 1.29 is 14.1 Å². The highest BCUT2D eigenvalue weighted by atomic mass is 32.2. The minimum atomic E-state index is -0.575. The maximum Gasteiger partial charge on any atom is 0.284 e. The first-order valence-electron chi connectivity index (χ1n) is 7.31. The Labute approximate surface area is 151 Å². The molecule has 1 amide bonds. The van der Waals surface area contributed by atoms with Crippen molar-refractivity contribution in [3.63, 3.8) is 0 Å². The summed E-state index contributed by atoms with van der Waals surface area (Å²) in [5.41, 5.74) is 0.114. The number of nitrogens with zero attached hydrogens (tertiary/aromatic N) is 4. The number of carbonyl (C=O) groups is 1. The van der Waals surface area contributed by atoms with E-state index in [0.29, 0.717) is 10.1 Å². The van der Waals surface area contributed by atoms with Gasteiger partial charge in [0.25, 0.3) is 11.6 Å². The highest BCUT2D eigenvalue weighted by molar-refractivity contribution is 7.99. The number of hydrogen-bond acceptors (Lipinski definition) is 6. The summed E-state index contributed by atoms with van der Waals surface area (Å²) in [6.07, 6.45) is 1.48. The maximum absolute atomic E-state index is 13.2. The molecule has 0 spiro atoms. The van der Waals surface area contributed by atoms with Crippen molar-refractivity contribution in [1.82, 2.24) is 14.8 Å². The number of hydrogen-bond donors (Lipinski definition) is 1. The number of halogens is 1. The van der Waals surface area contributed by atoms with Gasteiger partial charge >= 0.3 is 0 Å². The van der Waals surface area contributed by atoms with Gasteiger partial charge < -0.3 is 9.88 Å². The summed E-state index contributed by atoms with van der Waals surface area (Å²) in [6, 6.07) is 9.48. The zero-order chi connectivity index (χ0) is 18.7. The first-order chi connectivity index (χ1) is 12.4. The average molecular weight is 373 g/mol. The lowest BCUT2D eigenvalue weighted by Gasteiger charge is -2.07. The Balaban J connectivity index is 1.87. The maximum atomic E-state index is 13.2. The number of nitro groups is 1. The van der Waals surface area contributed by atoms with Gasteiger partial charge in [0.05, 0.1) is 9.82 Å². The number of rotatable bonds is 5. The van der Waals surface area contributed by atoms with Gasteiger partial charge in [0, 0.05) is 24.4 Å². The second-order valence-corrected chi connectivity index (χ2v) is 6.24. The summed E-state index contributed by atoms with van der Waals surface area (Å²) < 4.78 is 14.8. The SMILES string of the molecule is Cn1cnnc1Sc1ccc(C(=O)Nc2cccc(F)c2)cc1[N+](=O)[O-]. The Kier molecular flexibility index (Phi) is 4.94. The van der Waals surface area contributed by atoms with Crippen molar-refractivity contribution in [2.45, 2.75) is 10.1 Å². The number of carbonyl (C=O) groups excluding carboxylic acids is 1. The fourth-order valence-electron chi connectivity index (χ4n) is 2.12. The summed E-state index contributed by atoms with van der Waals surface area (Å²) >= 11 is 1.07. The second-order valence-electron chi connectivity index (χ2n) is 5.23. The van der Waals surface area contributed by atoms with Crippen LogP contribution < -0.4 is 5.32 Å². The van der Waals surface area contributed by atoms with Crippen LogP contribution in [0.5, 0.6) is 0 Å². The zero-order valence-corrected chi connectivity index (χ0v) is 14.2. The van der Waals surface area contributed by atoms with Crippen LogP contribution in [0.2, 0.25) is 0 Å². The third kappa shape index (κ3) is 3.86. The Morgan fingerprint density at radius 3 is 2.77 bits per heavy atom. The van der Waals surface area contributed by atoms with Crippen LogP contribution in [0.3, 0.4) is 0 Å². The number of benzene rings is 2. The minimum absolute atomic E-state index is 0.0864. The van der Waals surface area contributed by atoms with Crippen molar-refractivity contribution in [3.8, 4) is 0 Å². The zero-order valence-electron chi connectivity index (χ0n) is 13.4. The number of anilines is 1. The molecule has 132 valence electrons. The third-order valence-electron chi connectivity index (χ3n) is 3.37. The normalized spacial score (nSPS) is 10.5. The fourth-order valence-corrected chi connectivity index (χ4v) is 2.97. The molecule has 0 fully saturated rings. The molecule has 0 atom stereocenters. The monoisotopic (exact) mass is 373 g/mol. The van der Waals surface area contributed by atoms with Gasteiger partial charge in [-0.25, -0.2) is 4.39 Å². The molecule has 3 rings (SSSR count). The Morgan fingerprint density at radius 1 is 1.31 bits per heavy atom. The van der Waals surface area contributed by atoms with E-state index in [0.717, 1.165) is 17.8 Å². The lowest BCUT2D eigenvalue weighted by Crippen LogP contribution is -2.12. The van der Waals surface area contributed by atoms with E-state index in [1.54, 1.807) is 11.6 Å². The molecule has 0 saturated carbocycles. The van der Waals surface area contributed by atoms with Crippen LogP contribution in [-0.4, -0.2) is 25.6 Å². The lowest BCUT2D eigenvalue weighted by atomic mass is 10.2. The molecule has 0 unspecified atom stereocenters. The summed E-state index contributed by atoms with van der Waals surface area (Å²) in [5.74, 6) is -1.07. The fraction of sp³-hybridized carbons (Fsp3) is 0.0625. The van der Waals surface area contributed by atoms with Crippen LogP contribution in [0.15, 0.2) is 58.8 Å². The molecule has 1 heterocycles. The molecular weight excluding hydrogens is 361 g/mol. The molecule has 0 aliphatic carbocycles. The van der Waals surface area contributed by atoms with E-state index in [2.05, 4.69) is 15.5 Å². The minimum Gasteiger partial charge on any atom is -0.322 e. The molecule has 2 aromatic carbocycles. The first kappa shape index (κ1) is 17.5. The molecule has 1 N–H and O–H groups in total. The molecule has 0 saturated heterocycles. The Hall–Kier alpha value is -3.27. The standard InChI is InChI=1S/C16H12FN5O3S/c1-21-9-18-20-16(21)26-14-6-5-10(7-13(14)22(24)25)15(23)19-12-4-2-3-11(17)8-12/h2-9H,1H3,(H,19,23). The van der Waals surface area contributed by atoms with Gasteiger partial charge in [0.2, 0.25) is 0 Å². The summed E-state index contributed by atoms with van der Waals surface area (Å²) in [4.78, 5) is 23.4. The van der Waals surface area contributed by atoms with E-state index in [1.807, 2.05) is 0 Å². The van der Waals surface area contributed by atoms with E-state index in [1.165, 1.54) is 42.7 Å². The van der Waals surface area contributed by atoms with E-state index in [-0.39, 0.29) is 16.9 Å². The molecule has 8 nitrogen and oxygen atoms in total. The molecule has 1 aromatic heterocycles. The van der Waals surface area contributed by atoms with Crippen LogP contribution >= 0.6 is 11.8 Å². The van der Waals surface area contributed by atoms with Crippen LogP contribution in [0.1, 0.15) is 10.4 Å². The van der Waals surface area contributed by atoms with Gasteiger partial charge in [-0.15, -0.1) is 10.2 Å². The summed E-state index contributed by atoms with van der Waals surface area (Å²) in [6.45, 7) is 0. The first-order valence-corrected chi connectivity index (χ1v) is 8.13. The van der Waals surface area contributed by atoms with Crippen molar-refractivity contribution >= 4 is 29.0 Å². The van der Waals surface area contributed by atoms with Gasteiger partial charge in [-0.1, -0.05) is 6.07 Å². The predicted octanol–water partition coefficient (Wildman–Crippen LogP) is 3.27. The van der Waals surface area contributed by atoms with Crippen LogP contribution in [-0.2, 0) is 7.05 Å². The van der Waals surface area contributed by atoms with E-state index in [4.69, 9.17) is 0 Å². The number of aromatic nitrogens is 3. The van der Waals surface area contributed by atoms with Crippen LogP contribution in [0.25, 0.3) is 0 Å².